The molecule has 0 radical (unpaired) electrons. The minimum Gasteiger partial charge on any atom is -0.333 e. The molecule has 0 spiro atoms. The van der Waals surface area contributed by atoms with Crippen LogP contribution in [0.4, 0.5) is 0 Å². The van der Waals surface area contributed by atoms with Crippen LogP contribution in [0, 0.1) is 18.3 Å². The SMILES string of the molecule is CCC(C#N)(CC)NC(=O)c1cc(C)c(Br)s1. The Balaban J connectivity index is 2.89. The molecule has 3 nitrogen and oxygen atoms in total. The van der Waals surface area contributed by atoms with Gasteiger partial charge in [-0.15, -0.1) is 11.3 Å². The van der Waals surface area contributed by atoms with Crippen LogP contribution >= 0.6 is 27.3 Å². The first-order valence-corrected chi connectivity index (χ1v) is 7.08. The smallest absolute Gasteiger partial charge is 0.262 e. The van der Waals surface area contributed by atoms with Crippen molar-refractivity contribution in [3.8, 4) is 6.07 Å². The Hall–Kier alpha value is -0.860. The summed E-state index contributed by atoms with van der Waals surface area (Å²) in [6.07, 6.45) is 1.22. The summed E-state index contributed by atoms with van der Waals surface area (Å²) in [5, 5.41) is 12.0. The zero-order valence-electron chi connectivity index (χ0n) is 10.1. The summed E-state index contributed by atoms with van der Waals surface area (Å²) in [4.78, 5) is 12.7. The van der Waals surface area contributed by atoms with Gasteiger partial charge in [0.05, 0.1) is 14.7 Å². The third kappa shape index (κ3) is 3.08. The van der Waals surface area contributed by atoms with Gasteiger partial charge in [0.25, 0.3) is 5.91 Å². The van der Waals surface area contributed by atoms with Crippen molar-refractivity contribution < 1.29 is 4.79 Å². The molecule has 1 aromatic rings. The van der Waals surface area contributed by atoms with Crippen LogP contribution in [0.5, 0.6) is 0 Å². The molecule has 0 bridgehead atoms. The first-order valence-electron chi connectivity index (χ1n) is 5.47. The number of carbonyl (C=O) groups is 1. The monoisotopic (exact) mass is 314 g/mol. The van der Waals surface area contributed by atoms with Gasteiger partial charge in [0.15, 0.2) is 0 Å². The van der Waals surface area contributed by atoms with Crippen LogP contribution in [0.1, 0.15) is 41.9 Å². The van der Waals surface area contributed by atoms with Gasteiger partial charge in [-0.3, -0.25) is 4.79 Å². The molecule has 0 atom stereocenters. The van der Waals surface area contributed by atoms with Gasteiger partial charge in [0.2, 0.25) is 0 Å². The number of nitrogens with one attached hydrogen (secondary N) is 1. The van der Waals surface area contributed by atoms with Crippen molar-refractivity contribution in [2.24, 2.45) is 0 Å². The second-order valence-corrected chi connectivity index (χ2v) is 6.29. The molecule has 0 aliphatic rings. The van der Waals surface area contributed by atoms with Crippen molar-refractivity contribution in [3.05, 3.63) is 20.3 Å². The molecule has 92 valence electrons. The van der Waals surface area contributed by atoms with Crippen LogP contribution in [0.3, 0.4) is 0 Å². The van der Waals surface area contributed by atoms with E-state index in [1.165, 1.54) is 11.3 Å². The summed E-state index contributed by atoms with van der Waals surface area (Å²) in [5.74, 6) is -0.172. The lowest BCUT2D eigenvalue weighted by atomic mass is 9.95. The number of halogens is 1. The van der Waals surface area contributed by atoms with Gasteiger partial charge in [-0.25, -0.2) is 0 Å². The lowest BCUT2D eigenvalue weighted by molar-refractivity contribution is 0.0919. The van der Waals surface area contributed by atoms with E-state index in [4.69, 9.17) is 5.26 Å². The highest BCUT2D eigenvalue weighted by Gasteiger charge is 2.28. The van der Waals surface area contributed by atoms with Crippen LogP contribution in [0.15, 0.2) is 9.85 Å². The van der Waals surface area contributed by atoms with Crippen LogP contribution in [-0.2, 0) is 0 Å². The highest BCUT2D eigenvalue weighted by atomic mass is 79.9. The predicted molar refractivity (Wildman–Crippen MR) is 73.1 cm³/mol. The third-order valence-corrected chi connectivity index (χ3v) is 4.99. The molecule has 0 saturated carbocycles. The first kappa shape index (κ1) is 14.2. The van der Waals surface area contributed by atoms with E-state index in [0.717, 1.165) is 9.35 Å². The van der Waals surface area contributed by atoms with Gasteiger partial charge in [-0.2, -0.15) is 5.26 Å². The molecular formula is C12H15BrN2OS. The van der Waals surface area contributed by atoms with E-state index in [0.29, 0.717) is 17.7 Å². The number of amides is 1. The number of rotatable bonds is 4. The maximum absolute atomic E-state index is 12.0. The Morgan fingerprint density at radius 2 is 2.18 bits per heavy atom. The highest BCUT2D eigenvalue weighted by molar-refractivity contribution is 9.11. The Kier molecular flexibility index (Phi) is 4.72. The topological polar surface area (TPSA) is 52.9 Å². The van der Waals surface area contributed by atoms with E-state index in [2.05, 4.69) is 27.3 Å². The molecule has 0 unspecified atom stereocenters. The van der Waals surface area contributed by atoms with E-state index >= 15 is 0 Å². The minimum absolute atomic E-state index is 0.172. The van der Waals surface area contributed by atoms with Gasteiger partial charge in [-0.1, -0.05) is 13.8 Å². The second kappa shape index (κ2) is 5.65. The third-order valence-electron chi connectivity index (χ3n) is 2.85. The standard InChI is InChI=1S/C12H15BrN2OS/c1-4-12(5-2,7-14)15-11(16)9-6-8(3)10(13)17-9/h6H,4-5H2,1-3H3,(H,15,16). The van der Waals surface area contributed by atoms with Crippen LogP contribution in [0.25, 0.3) is 0 Å². The quantitative estimate of drug-likeness (QED) is 0.922. The van der Waals surface area contributed by atoms with Gasteiger partial charge in [-0.05, 0) is 47.3 Å². The number of hydrogen-bond acceptors (Lipinski definition) is 3. The molecular weight excluding hydrogens is 300 g/mol. The molecule has 0 saturated heterocycles. The summed E-state index contributed by atoms with van der Waals surface area (Å²) in [7, 11) is 0. The predicted octanol–water partition coefficient (Wildman–Crippen LogP) is 3.63. The maximum Gasteiger partial charge on any atom is 0.262 e. The molecule has 1 amide bonds. The number of aryl methyl sites for hydroxylation is 1. The number of carbonyl (C=O) groups excluding carboxylic acids is 1. The zero-order valence-corrected chi connectivity index (χ0v) is 12.5. The van der Waals surface area contributed by atoms with Crippen molar-refractivity contribution in [1.29, 1.82) is 5.26 Å². The fourth-order valence-corrected chi connectivity index (χ4v) is 2.89. The van der Waals surface area contributed by atoms with E-state index in [-0.39, 0.29) is 5.91 Å². The van der Waals surface area contributed by atoms with E-state index in [1.54, 1.807) is 0 Å². The van der Waals surface area contributed by atoms with Gasteiger partial charge in [0, 0.05) is 0 Å². The van der Waals surface area contributed by atoms with E-state index in [9.17, 15) is 4.79 Å². The first-order chi connectivity index (χ1) is 7.98. The Morgan fingerprint density at radius 1 is 1.59 bits per heavy atom. The molecule has 17 heavy (non-hydrogen) atoms. The van der Waals surface area contributed by atoms with Gasteiger partial charge >= 0.3 is 0 Å². The Morgan fingerprint density at radius 3 is 2.53 bits per heavy atom. The molecule has 1 N–H and O–H groups in total. The molecule has 0 aromatic carbocycles. The normalized spacial score (nSPS) is 11.0. The largest absolute Gasteiger partial charge is 0.333 e. The Labute approximate surface area is 114 Å². The van der Waals surface area contributed by atoms with Gasteiger partial charge < -0.3 is 5.32 Å². The fourth-order valence-electron chi connectivity index (χ4n) is 1.46. The number of hydrogen-bond donors (Lipinski definition) is 1. The fraction of sp³-hybridized carbons (Fsp3) is 0.500. The molecule has 0 aliphatic heterocycles. The summed E-state index contributed by atoms with van der Waals surface area (Å²) in [6, 6.07) is 4.03. The minimum atomic E-state index is -0.749. The summed E-state index contributed by atoms with van der Waals surface area (Å²) in [6.45, 7) is 5.75. The number of nitriles is 1. The average Bonchev–Trinajstić information content (AvgIpc) is 2.67. The van der Waals surface area contributed by atoms with Crippen molar-refractivity contribution >= 4 is 33.2 Å². The molecule has 0 fully saturated rings. The van der Waals surface area contributed by atoms with Crippen molar-refractivity contribution in [2.45, 2.75) is 39.2 Å². The lowest BCUT2D eigenvalue weighted by Crippen LogP contribution is -2.46. The van der Waals surface area contributed by atoms with Crippen LogP contribution in [-0.4, -0.2) is 11.4 Å². The molecule has 1 aromatic heterocycles. The van der Waals surface area contributed by atoms with Gasteiger partial charge in [0.1, 0.15) is 5.54 Å². The number of nitrogens with zero attached hydrogens (tertiary/aromatic N) is 1. The molecule has 5 heteroatoms. The molecule has 1 rings (SSSR count). The summed E-state index contributed by atoms with van der Waals surface area (Å²) >= 11 is 4.78. The van der Waals surface area contributed by atoms with E-state index < -0.39 is 5.54 Å². The summed E-state index contributed by atoms with van der Waals surface area (Å²) < 4.78 is 0.957. The van der Waals surface area contributed by atoms with Crippen molar-refractivity contribution in [1.82, 2.24) is 5.32 Å². The van der Waals surface area contributed by atoms with Crippen molar-refractivity contribution in [2.75, 3.05) is 0 Å². The molecule has 1 heterocycles. The second-order valence-electron chi connectivity index (χ2n) is 3.92. The average molecular weight is 315 g/mol. The van der Waals surface area contributed by atoms with Crippen LogP contribution < -0.4 is 5.32 Å². The van der Waals surface area contributed by atoms with Crippen LogP contribution in [0.2, 0.25) is 0 Å². The lowest BCUT2D eigenvalue weighted by Gasteiger charge is -2.24. The summed E-state index contributed by atoms with van der Waals surface area (Å²) in [5.41, 5.74) is 0.289. The maximum atomic E-state index is 12.0. The van der Waals surface area contributed by atoms with E-state index in [1.807, 2.05) is 26.8 Å². The zero-order chi connectivity index (χ0) is 13.1. The Bertz CT molecular complexity index is 438. The van der Waals surface area contributed by atoms with Crippen molar-refractivity contribution in [3.63, 3.8) is 0 Å². The highest BCUT2D eigenvalue weighted by Crippen LogP contribution is 2.28. The number of thiophene rings is 1. The molecule has 0 aliphatic carbocycles.